The van der Waals surface area contributed by atoms with Gasteiger partial charge in [-0.1, -0.05) is 11.8 Å². The number of halogens is 1. The van der Waals surface area contributed by atoms with Crippen molar-refractivity contribution in [2.45, 2.75) is 11.8 Å². The van der Waals surface area contributed by atoms with E-state index in [0.29, 0.717) is 13.0 Å². The summed E-state index contributed by atoms with van der Waals surface area (Å²) in [4.78, 5) is 21.1. The molecule has 0 aromatic rings. The Morgan fingerprint density at radius 3 is 2.55 bits per heavy atom. The highest BCUT2D eigenvalue weighted by Crippen LogP contribution is 2.18. The minimum atomic E-state index is -0.497. The fraction of sp³-hybridized carbons (Fsp3) is 0.600. The Kier molecular flexibility index (Phi) is 4.48. The number of nitrogens with two attached hydrogens (primary N) is 1. The van der Waals surface area contributed by atoms with Gasteiger partial charge in [-0.05, 0) is 13.0 Å². The summed E-state index contributed by atoms with van der Waals surface area (Å²) in [5.41, 5.74) is 5.22. The molecule has 3 N–H and O–H groups in total. The second-order valence-corrected chi connectivity index (χ2v) is 3.12. The normalized spacial score (nSPS) is 22.8. The molecule has 1 amide bonds. The fourth-order valence-corrected chi connectivity index (χ4v) is 1.54. The highest BCUT2D eigenvalue weighted by atomic mass is 35.5. The summed E-state index contributed by atoms with van der Waals surface area (Å²) in [7, 11) is 0. The quantitative estimate of drug-likeness (QED) is 0.583. The Balaban J connectivity index is 0.000001000. The van der Waals surface area contributed by atoms with Crippen molar-refractivity contribution in [3.63, 3.8) is 0 Å². The Labute approximate surface area is 74.7 Å². The molecule has 11 heavy (non-hydrogen) atoms. The largest absolute Gasteiger partial charge is 0.336 e. The van der Waals surface area contributed by atoms with E-state index in [4.69, 9.17) is 5.73 Å². The van der Waals surface area contributed by atoms with E-state index in [0.717, 1.165) is 11.8 Å². The highest BCUT2D eigenvalue weighted by molar-refractivity contribution is 8.16. The van der Waals surface area contributed by atoms with Gasteiger partial charge < -0.3 is 11.1 Å². The third kappa shape index (κ3) is 2.69. The number of carbonyl (C=O) groups excluding carboxylic acids is 2. The van der Waals surface area contributed by atoms with E-state index >= 15 is 0 Å². The summed E-state index contributed by atoms with van der Waals surface area (Å²) >= 11 is 1.02. The molecule has 4 nitrogen and oxygen atoms in total. The van der Waals surface area contributed by atoms with Crippen molar-refractivity contribution in [1.29, 1.82) is 0 Å². The van der Waals surface area contributed by atoms with Crippen LogP contribution in [0.25, 0.3) is 0 Å². The van der Waals surface area contributed by atoms with Gasteiger partial charge in [-0.3, -0.25) is 9.59 Å². The lowest BCUT2D eigenvalue weighted by atomic mass is 10.4. The molecular weight excluding hydrogens is 188 g/mol. The molecule has 1 aliphatic heterocycles. The number of carbonyl (C=O) groups is 2. The summed E-state index contributed by atoms with van der Waals surface area (Å²) in [6.07, 6.45) is 0.655. The number of hydrogen-bond acceptors (Lipinski definition) is 4. The van der Waals surface area contributed by atoms with E-state index in [2.05, 4.69) is 5.32 Å². The molecule has 1 rings (SSSR count). The van der Waals surface area contributed by atoms with Crippen LogP contribution in [0.5, 0.6) is 0 Å². The van der Waals surface area contributed by atoms with Crippen molar-refractivity contribution >= 4 is 35.2 Å². The van der Waals surface area contributed by atoms with Gasteiger partial charge >= 0.3 is 0 Å². The number of amides is 1. The fourth-order valence-electron chi connectivity index (χ4n) is 0.700. The minimum Gasteiger partial charge on any atom is -0.336 e. The minimum absolute atomic E-state index is 0. The molecule has 1 atom stereocenters. The second kappa shape index (κ2) is 4.58. The van der Waals surface area contributed by atoms with Gasteiger partial charge in [-0.2, -0.15) is 0 Å². The van der Waals surface area contributed by atoms with Gasteiger partial charge in [0.1, 0.15) is 0 Å². The molecule has 0 bridgehead atoms. The monoisotopic (exact) mass is 196 g/mol. The van der Waals surface area contributed by atoms with Crippen LogP contribution >= 0.6 is 24.2 Å². The van der Waals surface area contributed by atoms with Crippen LogP contribution in [0.2, 0.25) is 0 Å². The van der Waals surface area contributed by atoms with Gasteiger partial charge in [0.15, 0.2) is 0 Å². The first kappa shape index (κ1) is 10.7. The van der Waals surface area contributed by atoms with E-state index < -0.39 is 11.0 Å². The average Bonchev–Trinajstić information content (AvgIpc) is 2.14. The van der Waals surface area contributed by atoms with E-state index in [1.54, 1.807) is 0 Å². The molecule has 1 fully saturated rings. The summed E-state index contributed by atoms with van der Waals surface area (Å²) in [5.74, 6) is -0.497. The topological polar surface area (TPSA) is 72.2 Å². The molecule has 0 aromatic heterocycles. The lowest BCUT2D eigenvalue weighted by Crippen LogP contribution is -2.27. The molecule has 6 heteroatoms. The van der Waals surface area contributed by atoms with Crippen molar-refractivity contribution in [3.8, 4) is 0 Å². The Morgan fingerprint density at radius 2 is 2.18 bits per heavy atom. The molecule has 0 aliphatic carbocycles. The SMILES string of the molecule is Cl.NCCC1NC(=O)C(=O)S1. The summed E-state index contributed by atoms with van der Waals surface area (Å²) in [5, 5.41) is 2.00. The molecular formula is C5H9ClN2O2S. The van der Waals surface area contributed by atoms with Gasteiger partial charge in [0.05, 0.1) is 5.37 Å². The van der Waals surface area contributed by atoms with Crippen LogP contribution in [0, 0.1) is 0 Å². The molecule has 0 spiro atoms. The van der Waals surface area contributed by atoms with E-state index in [1.807, 2.05) is 0 Å². The Morgan fingerprint density at radius 1 is 1.55 bits per heavy atom. The predicted octanol–water partition coefficient (Wildman–Crippen LogP) is -0.527. The zero-order chi connectivity index (χ0) is 7.56. The van der Waals surface area contributed by atoms with Crippen LogP contribution in [-0.4, -0.2) is 22.9 Å². The number of rotatable bonds is 2. The predicted molar refractivity (Wildman–Crippen MR) is 45.4 cm³/mol. The van der Waals surface area contributed by atoms with Crippen LogP contribution < -0.4 is 11.1 Å². The Hall–Kier alpha value is -0.260. The van der Waals surface area contributed by atoms with E-state index in [1.165, 1.54) is 0 Å². The lowest BCUT2D eigenvalue weighted by molar-refractivity contribution is -0.132. The van der Waals surface area contributed by atoms with Gasteiger partial charge in [0.25, 0.3) is 11.0 Å². The number of nitrogens with one attached hydrogen (secondary N) is 1. The number of hydrogen-bond donors (Lipinski definition) is 2. The molecule has 0 radical (unpaired) electrons. The third-order valence-corrected chi connectivity index (χ3v) is 2.19. The van der Waals surface area contributed by atoms with Crippen LogP contribution in [0.4, 0.5) is 0 Å². The first-order valence-electron chi connectivity index (χ1n) is 2.95. The van der Waals surface area contributed by atoms with E-state index in [-0.39, 0.29) is 17.8 Å². The average molecular weight is 197 g/mol. The lowest BCUT2D eigenvalue weighted by Gasteiger charge is -2.03. The summed E-state index contributed by atoms with van der Waals surface area (Å²) in [6.45, 7) is 0.491. The number of thioether (sulfide) groups is 1. The maximum absolute atomic E-state index is 10.6. The van der Waals surface area contributed by atoms with Crippen molar-refractivity contribution in [2.24, 2.45) is 5.73 Å². The maximum atomic E-state index is 10.6. The third-order valence-electron chi connectivity index (χ3n) is 1.16. The molecule has 0 aromatic carbocycles. The van der Waals surface area contributed by atoms with Gasteiger partial charge in [-0.25, -0.2) is 0 Å². The van der Waals surface area contributed by atoms with Crippen molar-refractivity contribution < 1.29 is 9.59 Å². The highest BCUT2D eigenvalue weighted by Gasteiger charge is 2.29. The molecule has 1 unspecified atom stereocenters. The second-order valence-electron chi connectivity index (χ2n) is 1.94. The smallest absolute Gasteiger partial charge is 0.299 e. The van der Waals surface area contributed by atoms with Crippen molar-refractivity contribution in [3.05, 3.63) is 0 Å². The molecule has 1 saturated heterocycles. The van der Waals surface area contributed by atoms with Crippen molar-refractivity contribution in [2.75, 3.05) is 6.54 Å². The van der Waals surface area contributed by atoms with Crippen molar-refractivity contribution in [1.82, 2.24) is 5.32 Å². The summed E-state index contributed by atoms with van der Waals surface area (Å²) < 4.78 is 0. The van der Waals surface area contributed by atoms with Gasteiger partial charge in [-0.15, -0.1) is 12.4 Å². The first-order valence-corrected chi connectivity index (χ1v) is 3.83. The van der Waals surface area contributed by atoms with Gasteiger partial charge in [0.2, 0.25) is 0 Å². The first-order chi connectivity index (χ1) is 4.74. The maximum Gasteiger partial charge on any atom is 0.299 e. The molecule has 64 valence electrons. The molecule has 1 heterocycles. The van der Waals surface area contributed by atoms with Crippen LogP contribution in [0.15, 0.2) is 0 Å². The Bertz CT molecular complexity index is 160. The van der Waals surface area contributed by atoms with Gasteiger partial charge in [0, 0.05) is 0 Å². The van der Waals surface area contributed by atoms with Crippen LogP contribution in [0.3, 0.4) is 0 Å². The van der Waals surface area contributed by atoms with Crippen LogP contribution in [0.1, 0.15) is 6.42 Å². The zero-order valence-corrected chi connectivity index (χ0v) is 7.33. The van der Waals surface area contributed by atoms with Crippen LogP contribution in [-0.2, 0) is 9.59 Å². The zero-order valence-electron chi connectivity index (χ0n) is 5.70. The summed E-state index contributed by atoms with van der Waals surface area (Å²) in [6, 6.07) is 0. The molecule has 1 aliphatic rings. The standard InChI is InChI=1S/C5H8N2O2S.ClH/c6-2-1-3-7-4(8)5(9)10-3;/h3H,1-2,6H2,(H,7,8);1H. The van der Waals surface area contributed by atoms with E-state index in [9.17, 15) is 9.59 Å². The molecule has 0 saturated carbocycles.